The SMILES string of the molecule is O=C(CNCC1CC1)NCCn1c(=O)[nH]c2ccccc21. The number of fused-ring (bicyclic) bond motifs is 1. The normalized spacial score (nSPS) is 14.5. The van der Waals surface area contributed by atoms with Crippen molar-refractivity contribution in [3.05, 3.63) is 34.7 Å². The van der Waals surface area contributed by atoms with Crippen molar-refractivity contribution >= 4 is 16.9 Å². The zero-order chi connectivity index (χ0) is 14.7. The number of aromatic nitrogens is 2. The molecule has 2 aromatic rings. The van der Waals surface area contributed by atoms with E-state index in [-0.39, 0.29) is 11.6 Å². The second-order valence-electron chi connectivity index (χ2n) is 5.52. The lowest BCUT2D eigenvalue weighted by molar-refractivity contribution is -0.120. The Morgan fingerprint density at radius 2 is 2.14 bits per heavy atom. The molecule has 6 heteroatoms. The third-order valence-corrected chi connectivity index (χ3v) is 3.75. The number of para-hydroxylation sites is 2. The number of aromatic amines is 1. The molecule has 1 amide bonds. The number of rotatable bonds is 7. The summed E-state index contributed by atoms with van der Waals surface area (Å²) in [5, 5.41) is 5.98. The van der Waals surface area contributed by atoms with E-state index in [1.807, 2.05) is 24.3 Å². The van der Waals surface area contributed by atoms with Gasteiger partial charge < -0.3 is 15.6 Å². The summed E-state index contributed by atoms with van der Waals surface area (Å²) in [5.74, 6) is 0.742. The fraction of sp³-hybridized carbons (Fsp3) is 0.467. The largest absolute Gasteiger partial charge is 0.353 e. The van der Waals surface area contributed by atoms with Crippen LogP contribution in [0.4, 0.5) is 0 Å². The van der Waals surface area contributed by atoms with E-state index in [0.29, 0.717) is 19.6 Å². The van der Waals surface area contributed by atoms with Crippen molar-refractivity contribution in [1.29, 1.82) is 0 Å². The van der Waals surface area contributed by atoms with Crippen LogP contribution in [0.15, 0.2) is 29.1 Å². The van der Waals surface area contributed by atoms with E-state index < -0.39 is 0 Å². The van der Waals surface area contributed by atoms with E-state index in [1.54, 1.807) is 4.57 Å². The maximum Gasteiger partial charge on any atom is 0.326 e. The predicted molar refractivity (Wildman–Crippen MR) is 81.2 cm³/mol. The number of amides is 1. The molecule has 1 aromatic heterocycles. The molecule has 1 heterocycles. The molecule has 3 N–H and O–H groups in total. The van der Waals surface area contributed by atoms with Crippen molar-refractivity contribution in [3.63, 3.8) is 0 Å². The van der Waals surface area contributed by atoms with Crippen LogP contribution in [-0.4, -0.2) is 35.1 Å². The Balaban J connectivity index is 1.48. The van der Waals surface area contributed by atoms with Gasteiger partial charge in [0.25, 0.3) is 0 Å². The Kier molecular flexibility index (Phi) is 4.06. The molecule has 1 aliphatic rings. The number of carbonyl (C=O) groups is 1. The number of hydrogen-bond acceptors (Lipinski definition) is 3. The second-order valence-corrected chi connectivity index (χ2v) is 5.52. The number of benzene rings is 1. The lowest BCUT2D eigenvalue weighted by Crippen LogP contribution is -2.37. The van der Waals surface area contributed by atoms with Crippen LogP contribution in [0.2, 0.25) is 0 Å². The fourth-order valence-corrected chi connectivity index (χ4v) is 2.41. The Bertz CT molecular complexity index is 684. The number of H-pyrrole nitrogens is 1. The van der Waals surface area contributed by atoms with Gasteiger partial charge in [0.1, 0.15) is 0 Å². The Labute approximate surface area is 122 Å². The van der Waals surface area contributed by atoms with Crippen molar-refractivity contribution in [3.8, 4) is 0 Å². The van der Waals surface area contributed by atoms with Gasteiger partial charge in [-0.2, -0.15) is 0 Å². The molecule has 1 aromatic carbocycles. The quantitative estimate of drug-likeness (QED) is 0.692. The van der Waals surface area contributed by atoms with Crippen LogP contribution in [0.3, 0.4) is 0 Å². The molecule has 1 fully saturated rings. The molecule has 0 atom stereocenters. The van der Waals surface area contributed by atoms with Crippen LogP contribution in [0.25, 0.3) is 11.0 Å². The molecule has 3 rings (SSSR count). The average Bonchev–Trinajstić information content (AvgIpc) is 3.23. The predicted octanol–water partition coefficient (Wildman–Crippen LogP) is 0.445. The molecule has 0 radical (unpaired) electrons. The van der Waals surface area contributed by atoms with Gasteiger partial charge in [-0.25, -0.2) is 4.79 Å². The molecule has 0 bridgehead atoms. The first-order chi connectivity index (χ1) is 10.2. The molecule has 1 saturated carbocycles. The molecule has 0 spiro atoms. The highest BCUT2D eigenvalue weighted by molar-refractivity contribution is 5.78. The standard InChI is InChI=1S/C15H20N4O2/c20-14(10-16-9-11-5-6-11)17-7-8-19-13-4-2-1-3-12(13)18-15(19)21/h1-4,11,16H,5-10H2,(H,17,20)(H,18,21). The van der Waals surface area contributed by atoms with Gasteiger partial charge >= 0.3 is 5.69 Å². The van der Waals surface area contributed by atoms with Gasteiger partial charge in [-0.15, -0.1) is 0 Å². The smallest absolute Gasteiger partial charge is 0.326 e. The highest BCUT2D eigenvalue weighted by Crippen LogP contribution is 2.27. The van der Waals surface area contributed by atoms with Crippen LogP contribution >= 0.6 is 0 Å². The van der Waals surface area contributed by atoms with E-state index in [4.69, 9.17) is 0 Å². The first-order valence-electron chi connectivity index (χ1n) is 7.39. The minimum absolute atomic E-state index is 0.0245. The first kappa shape index (κ1) is 13.9. The van der Waals surface area contributed by atoms with E-state index in [9.17, 15) is 9.59 Å². The summed E-state index contributed by atoms with van der Waals surface area (Å²) >= 11 is 0. The summed E-state index contributed by atoms with van der Waals surface area (Å²) in [4.78, 5) is 26.3. The lowest BCUT2D eigenvalue weighted by Gasteiger charge is -2.07. The number of imidazole rings is 1. The Morgan fingerprint density at radius 3 is 2.95 bits per heavy atom. The molecule has 0 aliphatic heterocycles. The molecule has 6 nitrogen and oxygen atoms in total. The van der Waals surface area contributed by atoms with Crippen molar-refractivity contribution in [2.75, 3.05) is 19.6 Å². The van der Waals surface area contributed by atoms with Crippen molar-refractivity contribution < 1.29 is 4.79 Å². The second kappa shape index (κ2) is 6.13. The summed E-state index contributed by atoms with van der Waals surface area (Å²) in [6.45, 7) is 2.19. The summed E-state index contributed by atoms with van der Waals surface area (Å²) in [6, 6.07) is 7.54. The fourth-order valence-electron chi connectivity index (χ4n) is 2.41. The lowest BCUT2D eigenvalue weighted by atomic mass is 10.3. The van der Waals surface area contributed by atoms with E-state index >= 15 is 0 Å². The number of nitrogens with zero attached hydrogens (tertiary/aromatic N) is 1. The summed E-state index contributed by atoms with van der Waals surface area (Å²) in [7, 11) is 0. The Morgan fingerprint density at radius 1 is 1.33 bits per heavy atom. The number of carbonyl (C=O) groups excluding carboxylic acids is 1. The van der Waals surface area contributed by atoms with Gasteiger partial charge in [0.2, 0.25) is 5.91 Å². The summed E-state index contributed by atoms with van der Waals surface area (Å²) < 4.78 is 1.65. The van der Waals surface area contributed by atoms with Gasteiger partial charge in [0.05, 0.1) is 17.6 Å². The van der Waals surface area contributed by atoms with E-state index in [1.165, 1.54) is 12.8 Å². The summed E-state index contributed by atoms with van der Waals surface area (Å²) in [5.41, 5.74) is 1.54. The van der Waals surface area contributed by atoms with Crippen LogP contribution in [0.5, 0.6) is 0 Å². The molecular weight excluding hydrogens is 268 g/mol. The van der Waals surface area contributed by atoms with Gasteiger partial charge in [0, 0.05) is 13.1 Å². The third-order valence-electron chi connectivity index (χ3n) is 3.75. The number of hydrogen-bond donors (Lipinski definition) is 3. The van der Waals surface area contributed by atoms with Crippen molar-refractivity contribution in [2.24, 2.45) is 5.92 Å². The van der Waals surface area contributed by atoms with Gasteiger partial charge in [-0.05, 0) is 37.4 Å². The highest BCUT2D eigenvalue weighted by Gasteiger charge is 2.20. The molecule has 1 aliphatic carbocycles. The van der Waals surface area contributed by atoms with Gasteiger partial charge in [0.15, 0.2) is 0 Å². The maximum atomic E-state index is 11.9. The van der Waals surface area contributed by atoms with Gasteiger partial charge in [-0.3, -0.25) is 9.36 Å². The third kappa shape index (κ3) is 3.52. The zero-order valence-corrected chi connectivity index (χ0v) is 11.9. The van der Waals surface area contributed by atoms with Crippen LogP contribution in [-0.2, 0) is 11.3 Å². The van der Waals surface area contributed by atoms with E-state index in [0.717, 1.165) is 23.5 Å². The van der Waals surface area contributed by atoms with Crippen LogP contribution in [0, 0.1) is 5.92 Å². The number of nitrogens with one attached hydrogen (secondary N) is 3. The molecule has 21 heavy (non-hydrogen) atoms. The molecular formula is C15H20N4O2. The topological polar surface area (TPSA) is 78.9 Å². The minimum atomic E-state index is -0.141. The monoisotopic (exact) mass is 288 g/mol. The molecule has 0 unspecified atom stereocenters. The van der Waals surface area contributed by atoms with Crippen LogP contribution in [0.1, 0.15) is 12.8 Å². The molecule has 0 saturated heterocycles. The van der Waals surface area contributed by atoms with Gasteiger partial charge in [-0.1, -0.05) is 12.1 Å². The average molecular weight is 288 g/mol. The first-order valence-corrected chi connectivity index (χ1v) is 7.39. The summed E-state index contributed by atoms with van der Waals surface area (Å²) in [6.07, 6.45) is 2.55. The maximum absolute atomic E-state index is 11.9. The highest BCUT2D eigenvalue weighted by atomic mass is 16.2. The van der Waals surface area contributed by atoms with Crippen molar-refractivity contribution in [1.82, 2.24) is 20.2 Å². The zero-order valence-electron chi connectivity index (χ0n) is 11.9. The van der Waals surface area contributed by atoms with E-state index in [2.05, 4.69) is 15.6 Å². The molecule has 112 valence electrons. The Hall–Kier alpha value is -2.08. The minimum Gasteiger partial charge on any atom is -0.353 e. The van der Waals surface area contributed by atoms with Crippen LogP contribution < -0.4 is 16.3 Å². The van der Waals surface area contributed by atoms with Crippen molar-refractivity contribution in [2.45, 2.75) is 19.4 Å².